The fraction of sp³-hybridized carbons (Fsp3) is 0.200. The molecule has 4 aromatic rings. The van der Waals surface area contributed by atoms with Crippen molar-refractivity contribution in [2.75, 3.05) is 0 Å². The van der Waals surface area contributed by atoms with E-state index < -0.39 is 0 Å². The number of benzene rings is 2. The van der Waals surface area contributed by atoms with Gasteiger partial charge in [-0.2, -0.15) is 4.68 Å². The maximum Gasteiger partial charge on any atom is 0.273 e. The van der Waals surface area contributed by atoms with E-state index in [0.29, 0.717) is 18.1 Å². The van der Waals surface area contributed by atoms with Gasteiger partial charge in [-0.05, 0) is 52.9 Å². The number of tetrazole rings is 1. The molecule has 2 aromatic carbocycles. The van der Waals surface area contributed by atoms with Gasteiger partial charge in [-0.3, -0.25) is 4.79 Å². The van der Waals surface area contributed by atoms with Crippen molar-refractivity contribution in [1.82, 2.24) is 25.1 Å². The van der Waals surface area contributed by atoms with E-state index >= 15 is 0 Å². The molecule has 1 amide bonds. The van der Waals surface area contributed by atoms with E-state index in [0.717, 1.165) is 17.5 Å². The van der Waals surface area contributed by atoms with E-state index in [1.807, 2.05) is 77.7 Å². The number of carbonyl (C=O) groups is 1. The van der Waals surface area contributed by atoms with E-state index in [2.05, 4.69) is 33.9 Å². The molecule has 0 aliphatic rings. The van der Waals surface area contributed by atoms with Crippen molar-refractivity contribution in [2.45, 2.75) is 32.9 Å². The highest BCUT2D eigenvalue weighted by Crippen LogP contribution is 2.22. The molecular formula is C25H25N5OS. The number of aryl methyl sites for hydroxylation is 1. The molecule has 0 bridgehead atoms. The SMILES string of the molecule is Cc1nnnn1C(=Cc1ccccc1)C(=O)N(Cc1ccccc1)C(C)Cc1cccs1. The Morgan fingerprint density at radius 2 is 1.78 bits per heavy atom. The molecule has 2 aromatic heterocycles. The first-order valence-corrected chi connectivity index (χ1v) is 11.4. The lowest BCUT2D eigenvalue weighted by Crippen LogP contribution is -2.40. The molecule has 7 heteroatoms. The van der Waals surface area contributed by atoms with Crippen LogP contribution >= 0.6 is 11.3 Å². The molecule has 0 aliphatic heterocycles. The van der Waals surface area contributed by atoms with Gasteiger partial charge < -0.3 is 4.90 Å². The van der Waals surface area contributed by atoms with Crippen molar-refractivity contribution < 1.29 is 4.79 Å². The Balaban J connectivity index is 1.73. The van der Waals surface area contributed by atoms with Crippen LogP contribution in [0.15, 0.2) is 78.2 Å². The van der Waals surface area contributed by atoms with Crippen molar-refractivity contribution in [3.8, 4) is 0 Å². The summed E-state index contributed by atoms with van der Waals surface area (Å²) in [4.78, 5) is 17.2. The summed E-state index contributed by atoms with van der Waals surface area (Å²) in [6, 6.07) is 24.0. The van der Waals surface area contributed by atoms with Crippen molar-refractivity contribution in [3.05, 3.63) is 100 Å². The van der Waals surface area contributed by atoms with Crippen molar-refractivity contribution in [3.63, 3.8) is 0 Å². The van der Waals surface area contributed by atoms with Crippen LogP contribution in [0, 0.1) is 6.92 Å². The molecule has 0 fully saturated rings. The summed E-state index contributed by atoms with van der Waals surface area (Å²) in [5.41, 5.74) is 2.41. The van der Waals surface area contributed by atoms with Gasteiger partial charge in [-0.15, -0.1) is 16.4 Å². The first-order valence-electron chi connectivity index (χ1n) is 10.5. The topological polar surface area (TPSA) is 63.9 Å². The Hall–Kier alpha value is -3.58. The lowest BCUT2D eigenvalue weighted by atomic mass is 10.1. The Labute approximate surface area is 191 Å². The number of carbonyl (C=O) groups excluding carboxylic acids is 1. The average molecular weight is 444 g/mol. The number of aromatic nitrogens is 4. The predicted molar refractivity (Wildman–Crippen MR) is 128 cm³/mol. The van der Waals surface area contributed by atoms with E-state index in [4.69, 9.17) is 0 Å². The number of hydrogen-bond donors (Lipinski definition) is 0. The van der Waals surface area contributed by atoms with Gasteiger partial charge in [0.2, 0.25) is 0 Å². The maximum atomic E-state index is 14.0. The zero-order chi connectivity index (χ0) is 22.3. The Bertz CT molecular complexity index is 1170. The van der Waals surface area contributed by atoms with Gasteiger partial charge in [-0.1, -0.05) is 66.7 Å². The average Bonchev–Trinajstić information content (AvgIpc) is 3.48. The van der Waals surface area contributed by atoms with Gasteiger partial charge in [-0.25, -0.2) is 0 Å². The van der Waals surface area contributed by atoms with Crippen LogP contribution in [-0.2, 0) is 17.8 Å². The second-order valence-corrected chi connectivity index (χ2v) is 8.66. The summed E-state index contributed by atoms with van der Waals surface area (Å²) < 4.78 is 1.52. The highest BCUT2D eigenvalue weighted by molar-refractivity contribution is 7.09. The lowest BCUT2D eigenvalue weighted by molar-refractivity contribution is -0.128. The second-order valence-electron chi connectivity index (χ2n) is 7.63. The molecule has 0 spiro atoms. The molecule has 6 nitrogen and oxygen atoms in total. The fourth-order valence-electron chi connectivity index (χ4n) is 3.56. The summed E-state index contributed by atoms with van der Waals surface area (Å²) in [5, 5.41) is 13.9. The van der Waals surface area contributed by atoms with Crippen molar-refractivity contribution >= 4 is 29.0 Å². The number of nitrogens with zero attached hydrogens (tertiary/aromatic N) is 5. The van der Waals surface area contributed by atoms with Crippen LogP contribution < -0.4 is 0 Å². The summed E-state index contributed by atoms with van der Waals surface area (Å²) in [6.45, 7) is 4.38. The van der Waals surface area contributed by atoms with Gasteiger partial charge >= 0.3 is 0 Å². The Kier molecular flexibility index (Phi) is 6.87. The quantitative estimate of drug-likeness (QED) is 0.370. The predicted octanol–water partition coefficient (Wildman–Crippen LogP) is 4.70. The van der Waals surface area contributed by atoms with Crippen LogP contribution in [0.1, 0.15) is 28.8 Å². The highest BCUT2D eigenvalue weighted by atomic mass is 32.1. The normalized spacial score (nSPS) is 12.5. The molecule has 1 atom stereocenters. The van der Waals surface area contributed by atoms with Crippen LogP contribution in [0.2, 0.25) is 0 Å². The second kappa shape index (κ2) is 10.2. The fourth-order valence-corrected chi connectivity index (χ4v) is 4.39. The third-order valence-corrected chi connectivity index (χ3v) is 6.14. The third-order valence-electron chi connectivity index (χ3n) is 5.24. The van der Waals surface area contributed by atoms with Crippen molar-refractivity contribution in [1.29, 1.82) is 0 Å². The first kappa shape index (κ1) is 21.6. The monoisotopic (exact) mass is 443 g/mol. The largest absolute Gasteiger partial charge is 0.330 e. The van der Waals surface area contributed by atoms with E-state index in [1.165, 1.54) is 9.56 Å². The summed E-state index contributed by atoms with van der Waals surface area (Å²) in [5.74, 6) is 0.447. The smallest absolute Gasteiger partial charge is 0.273 e. The zero-order valence-electron chi connectivity index (χ0n) is 18.1. The summed E-state index contributed by atoms with van der Waals surface area (Å²) in [6.07, 6.45) is 2.63. The number of hydrogen-bond acceptors (Lipinski definition) is 5. The molecule has 2 heterocycles. The molecular weight excluding hydrogens is 418 g/mol. The highest BCUT2D eigenvalue weighted by Gasteiger charge is 2.27. The standard InChI is InChI=1S/C25H25N5OS/c1-19(16-23-14-9-15-32-23)29(18-22-12-7-4-8-13-22)25(31)24(30-20(2)26-27-28-30)17-21-10-5-3-6-11-21/h3-15,17,19H,16,18H2,1-2H3. The minimum absolute atomic E-state index is 0.0164. The number of amides is 1. The van der Waals surface area contributed by atoms with Gasteiger partial charge in [0.05, 0.1) is 0 Å². The molecule has 162 valence electrons. The zero-order valence-corrected chi connectivity index (χ0v) is 18.9. The third kappa shape index (κ3) is 5.18. The number of thiophene rings is 1. The molecule has 32 heavy (non-hydrogen) atoms. The van der Waals surface area contributed by atoms with Crippen LogP contribution in [0.25, 0.3) is 11.8 Å². The maximum absolute atomic E-state index is 14.0. The minimum atomic E-state index is -0.114. The summed E-state index contributed by atoms with van der Waals surface area (Å²) in [7, 11) is 0. The molecule has 0 aliphatic carbocycles. The van der Waals surface area contributed by atoms with E-state index in [-0.39, 0.29) is 11.9 Å². The van der Waals surface area contributed by atoms with Crippen molar-refractivity contribution in [2.24, 2.45) is 0 Å². The number of rotatable bonds is 8. The van der Waals surface area contributed by atoms with Gasteiger partial charge in [0, 0.05) is 23.9 Å². The molecule has 0 saturated heterocycles. The lowest BCUT2D eigenvalue weighted by Gasteiger charge is -2.30. The van der Waals surface area contributed by atoms with Crippen LogP contribution in [0.3, 0.4) is 0 Å². The van der Waals surface area contributed by atoms with E-state index in [9.17, 15) is 4.79 Å². The molecule has 4 rings (SSSR count). The molecule has 1 unspecified atom stereocenters. The van der Waals surface area contributed by atoms with E-state index in [1.54, 1.807) is 18.3 Å². The van der Waals surface area contributed by atoms with Crippen LogP contribution in [0.4, 0.5) is 0 Å². The molecule has 0 radical (unpaired) electrons. The van der Waals surface area contributed by atoms with Crippen LogP contribution in [-0.4, -0.2) is 37.1 Å². The first-order chi connectivity index (χ1) is 15.6. The van der Waals surface area contributed by atoms with Gasteiger partial charge in [0.15, 0.2) is 5.82 Å². The van der Waals surface area contributed by atoms with Crippen LogP contribution in [0.5, 0.6) is 0 Å². The Morgan fingerprint density at radius 1 is 1.06 bits per heavy atom. The molecule has 0 N–H and O–H groups in total. The van der Waals surface area contributed by atoms with Gasteiger partial charge in [0.25, 0.3) is 5.91 Å². The minimum Gasteiger partial charge on any atom is -0.330 e. The van der Waals surface area contributed by atoms with Gasteiger partial charge in [0.1, 0.15) is 5.70 Å². The summed E-state index contributed by atoms with van der Waals surface area (Å²) >= 11 is 1.71. The molecule has 0 saturated carbocycles. The Morgan fingerprint density at radius 3 is 2.41 bits per heavy atom.